The zero-order chi connectivity index (χ0) is 21.4. The molecule has 0 unspecified atom stereocenters. The van der Waals surface area contributed by atoms with Crippen molar-refractivity contribution >= 4 is 48.3 Å². The van der Waals surface area contributed by atoms with E-state index in [4.69, 9.17) is 5.73 Å². The first-order chi connectivity index (χ1) is 15.1. The lowest BCUT2D eigenvalue weighted by Crippen LogP contribution is -1.95. The van der Waals surface area contributed by atoms with Gasteiger partial charge in [0.05, 0.1) is 0 Å². The van der Waals surface area contributed by atoms with E-state index in [1.54, 1.807) is 0 Å². The van der Waals surface area contributed by atoms with Crippen LogP contribution < -0.4 is 5.73 Å². The lowest BCUT2D eigenvalue weighted by atomic mass is 9.88. The topological polar surface area (TPSA) is 26.0 Å². The number of fused-ring (bicyclic) bond motifs is 1. The molecule has 0 radical (unpaired) electrons. The molecule has 5 aromatic rings. The van der Waals surface area contributed by atoms with Crippen molar-refractivity contribution in [2.45, 2.75) is 0 Å². The molecule has 0 aliphatic heterocycles. The molecule has 0 saturated heterocycles. The number of para-hydroxylation sites is 1. The van der Waals surface area contributed by atoms with Crippen LogP contribution in [0.2, 0.25) is 0 Å². The third-order valence-corrected chi connectivity index (χ3v) is 6.91. The van der Waals surface area contributed by atoms with Gasteiger partial charge in [0.15, 0.2) is 0 Å². The maximum Gasteiger partial charge on any atom is 0.0394 e. The number of hydrogen-bond acceptors (Lipinski definition) is 1. The van der Waals surface area contributed by atoms with Gasteiger partial charge in [0.2, 0.25) is 0 Å². The number of benzene rings is 5. The van der Waals surface area contributed by atoms with Crippen LogP contribution in [0.15, 0.2) is 112 Å². The third kappa shape index (κ3) is 3.69. The molecule has 0 aliphatic carbocycles. The molecule has 0 bridgehead atoms. The van der Waals surface area contributed by atoms with Crippen LogP contribution in [-0.2, 0) is 0 Å². The Morgan fingerprint density at radius 2 is 1.13 bits per heavy atom. The van der Waals surface area contributed by atoms with E-state index in [9.17, 15) is 0 Å². The van der Waals surface area contributed by atoms with E-state index in [1.807, 2.05) is 24.3 Å². The summed E-state index contributed by atoms with van der Waals surface area (Å²) in [5.41, 5.74) is 14.1. The molecular formula is C28H19Br2N. The Morgan fingerprint density at radius 1 is 0.484 bits per heavy atom. The average molecular weight is 529 g/mol. The fraction of sp³-hybridized carbons (Fsp3) is 0. The van der Waals surface area contributed by atoms with Gasteiger partial charge >= 0.3 is 0 Å². The SMILES string of the molecule is Nc1ccccc1-c1c(-c2ccc(-c3ccccc3)cc2)c(Br)cc2c(Br)cccc12. The molecule has 31 heavy (non-hydrogen) atoms. The molecule has 2 N–H and O–H groups in total. The van der Waals surface area contributed by atoms with Gasteiger partial charge in [-0.1, -0.05) is 117 Å². The Kier molecular flexibility index (Phi) is 5.39. The van der Waals surface area contributed by atoms with E-state index >= 15 is 0 Å². The molecule has 0 heterocycles. The summed E-state index contributed by atoms with van der Waals surface area (Å²) in [5, 5.41) is 2.31. The van der Waals surface area contributed by atoms with E-state index in [2.05, 4.69) is 111 Å². The van der Waals surface area contributed by atoms with Crippen molar-refractivity contribution in [1.29, 1.82) is 0 Å². The molecule has 5 aromatic carbocycles. The fourth-order valence-electron chi connectivity index (χ4n) is 4.10. The summed E-state index contributed by atoms with van der Waals surface area (Å²) in [4.78, 5) is 0. The van der Waals surface area contributed by atoms with Crippen molar-refractivity contribution < 1.29 is 0 Å². The van der Waals surface area contributed by atoms with Crippen molar-refractivity contribution in [1.82, 2.24) is 0 Å². The number of halogens is 2. The van der Waals surface area contributed by atoms with E-state index in [1.165, 1.54) is 11.1 Å². The number of hydrogen-bond donors (Lipinski definition) is 1. The van der Waals surface area contributed by atoms with Crippen LogP contribution in [0.25, 0.3) is 44.2 Å². The molecular weight excluding hydrogens is 510 g/mol. The molecule has 1 nitrogen and oxygen atoms in total. The quantitative estimate of drug-likeness (QED) is 0.232. The minimum absolute atomic E-state index is 0.768. The summed E-state index contributed by atoms with van der Waals surface area (Å²) in [7, 11) is 0. The summed E-state index contributed by atoms with van der Waals surface area (Å²) in [6.07, 6.45) is 0. The minimum Gasteiger partial charge on any atom is -0.398 e. The number of nitrogens with two attached hydrogens (primary N) is 1. The van der Waals surface area contributed by atoms with Gasteiger partial charge in [0.25, 0.3) is 0 Å². The maximum absolute atomic E-state index is 6.45. The maximum atomic E-state index is 6.45. The van der Waals surface area contributed by atoms with Gasteiger partial charge in [-0.2, -0.15) is 0 Å². The first-order valence-corrected chi connectivity index (χ1v) is 11.6. The highest BCUT2D eigenvalue weighted by molar-refractivity contribution is 9.11. The summed E-state index contributed by atoms with van der Waals surface area (Å²) >= 11 is 7.58. The summed E-state index contributed by atoms with van der Waals surface area (Å²) in [5.74, 6) is 0. The van der Waals surface area contributed by atoms with Crippen LogP contribution in [-0.4, -0.2) is 0 Å². The van der Waals surface area contributed by atoms with E-state index < -0.39 is 0 Å². The van der Waals surface area contributed by atoms with E-state index in [0.717, 1.165) is 47.7 Å². The Morgan fingerprint density at radius 3 is 1.87 bits per heavy atom. The van der Waals surface area contributed by atoms with Gasteiger partial charge < -0.3 is 5.73 Å². The average Bonchev–Trinajstić information content (AvgIpc) is 2.80. The van der Waals surface area contributed by atoms with Crippen LogP contribution in [0.4, 0.5) is 5.69 Å². The molecule has 5 rings (SSSR count). The second-order valence-electron chi connectivity index (χ2n) is 7.47. The highest BCUT2D eigenvalue weighted by Gasteiger charge is 2.18. The van der Waals surface area contributed by atoms with E-state index in [0.29, 0.717) is 0 Å². The van der Waals surface area contributed by atoms with Crippen LogP contribution in [0.5, 0.6) is 0 Å². The van der Waals surface area contributed by atoms with Crippen molar-refractivity contribution in [2.24, 2.45) is 0 Å². The normalized spacial score (nSPS) is 11.0. The Bertz CT molecular complexity index is 1390. The largest absolute Gasteiger partial charge is 0.398 e. The predicted octanol–water partition coefficient (Wildman–Crippen LogP) is 8.95. The third-order valence-electron chi connectivity index (χ3n) is 5.59. The molecule has 0 aliphatic rings. The molecule has 0 aromatic heterocycles. The summed E-state index contributed by atoms with van der Waals surface area (Å²) in [6, 6.07) is 35.7. The van der Waals surface area contributed by atoms with Gasteiger partial charge in [0.1, 0.15) is 0 Å². The second kappa shape index (κ2) is 8.33. The second-order valence-corrected chi connectivity index (χ2v) is 9.18. The Labute approximate surface area is 198 Å². The first kappa shape index (κ1) is 20.0. The van der Waals surface area contributed by atoms with Crippen LogP contribution in [0, 0.1) is 0 Å². The van der Waals surface area contributed by atoms with Crippen molar-refractivity contribution in [2.75, 3.05) is 5.73 Å². The van der Waals surface area contributed by atoms with Crippen molar-refractivity contribution in [3.63, 3.8) is 0 Å². The molecule has 0 amide bonds. The van der Waals surface area contributed by atoms with Crippen LogP contribution in [0.3, 0.4) is 0 Å². The molecule has 0 fully saturated rings. The molecule has 0 saturated carbocycles. The van der Waals surface area contributed by atoms with Gasteiger partial charge in [-0.15, -0.1) is 0 Å². The van der Waals surface area contributed by atoms with Crippen molar-refractivity contribution in [3.05, 3.63) is 112 Å². The first-order valence-electron chi connectivity index (χ1n) is 10.0. The Balaban J connectivity index is 1.78. The number of nitrogen functional groups attached to an aromatic ring is 1. The zero-order valence-electron chi connectivity index (χ0n) is 16.6. The van der Waals surface area contributed by atoms with Gasteiger partial charge in [-0.05, 0) is 45.7 Å². The summed E-state index contributed by atoms with van der Waals surface area (Å²) < 4.78 is 2.10. The molecule has 0 spiro atoms. The van der Waals surface area contributed by atoms with Crippen molar-refractivity contribution in [3.8, 4) is 33.4 Å². The van der Waals surface area contributed by atoms with Gasteiger partial charge in [-0.25, -0.2) is 0 Å². The monoisotopic (exact) mass is 527 g/mol. The number of anilines is 1. The number of rotatable bonds is 3. The van der Waals surface area contributed by atoms with Crippen LogP contribution >= 0.6 is 31.9 Å². The predicted molar refractivity (Wildman–Crippen MR) is 140 cm³/mol. The van der Waals surface area contributed by atoms with Gasteiger partial charge in [0, 0.05) is 31.3 Å². The highest BCUT2D eigenvalue weighted by atomic mass is 79.9. The Hall–Kier alpha value is -2.88. The molecule has 150 valence electrons. The molecule has 3 heteroatoms. The van der Waals surface area contributed by atoms with E-state index in [-0.39, 0.29) is 0 Å². The lowest BCUT2D eigenvalue weighted by Gasteiger charge is -2.18. The van der Waals surface area contributed by atoms with Crippen LogP contribution in [0.1, 0.15) is 0 Å². The zero-order valence-corrected chi connectivity index (χ0v) is 19.8. The minimum atomic E-state index is 0.768. The smallest absolute Gasteiger partial charge is 0.0394 e. The fourth-order valence-corrected chi connectivity index (χ4v) is 5.24. The summed E-state index contributed by atoms with van der Waals surface area (Å²) in [6.45, 7) is 0. The standard InChI is InChI=1S/C28H19Br2N/c29-24-11-6-10-21-23(24)17-25(30)27(28(21)22-9-4-5-12-26(22)31)20-15-13-19(14-16-20)18-7-2-1-3-8-18/h1-17H,31H2. The highest BCUT2D eigenvalue weighted by Crippen LogP contribution is 2.46. The van der Waals surface area contributed by atoms with Gasteiger partial charge in [-0.3, -0.25) is 0 Å². The molecule has 0 atom stereocenters. The lowest BCUT2D eigenvalue weighted by molar-refractivity contribution is 1.56.